The lowest BCUT2D eigenvalue weighted by atomic mass is 10.1. The summed E-state index contributed by atoms with van der Waals surface area (Å²) in [4.78, 5) is 7.23. The third kappa shape index (κ3) is 3.42. The first-order valence-corrected chi connectivity index (χ1v) is 10.9. The van der Waals surface area contributed by atoms with E-state index in [1.165, 1.54) is 11.5 Å². The molecule has 8 nitrogen and oxygen atoms in total. The fourth-order valence-corrected chi connectivity index (χ4v) is 4.95. The van der Waals surface area contributed by atoms with Gasteiger partial charge in [0.2, 0.25) is 0 Å². The van der Waals surface area contributed by atoms with Gasteiger partial charge in [-0.25, -0.2) is 9.67 Å². The lowest BCUT2D eigenvalue weighted by molar-refractivity contribution is -0.0383. The smallest absolute Gasteiger partial charge is 0.150 e. The molecule has 0 saturated carbocycles. The van der Waals surface area contributed by atoms with Gasteiger partial charge in [0.15, 0.2) is 6.23 Å². The van der Waals surface area contributed by atoms with Crippen LogP contribution in [0.4, 0.5) is 5.82 Å². The zero-order valence-corrected chi connectivity index (χ0v) is 17.3. The van der Waals surface area contributed by atoms with E-state index in [1.807, 2.05) is 16.8 Å². The van der Waals surface area contributed by atoms with Gasteiger partial charge in [0.05, 0.1) is 36.3 Å². The molecule has 3 aromatic rings. The van der Waals surface area contributed by atoms with Crippen molar-refractivity contribution in [2.75, 3.05) is 31.3 Å². The summed E-state index contributed by atoms with van der Waals surface area (Å²) in [6.45, 7) is 4.98. The van der Waals surface area contributed by atoms with Crippen LogP contribution < -0.4 is 4.90 Å². The van der Waals surface area contributed by atoms with E-state index < -0.39 is 0 Å². The van der Waals surface area contributed by atoms with Crippen LogP contribution in [0.1, 0.15) is 38.0 Å². The normalized spacial score (nSPS) is 23.0. The Balaban J connectivity index is 1.61. The highest BCUT2D eigenvalue weighted by Gasteiger charge is 2.26. The van der Waals surface area contributed by atoms with Gasteiger partial charge in [-0.1, -0.05) is 0 Å². The van der Waals surface area contributed by atoms with E-state index in [9.17, 15) is 5.11 Å². The van der Waals surface area contributed by atoms with E-state index in [0.717, 1.165) is 65.4 Å². The van der Waals surface area contributed by atoms with Crippen LogP contribution in [0.3, 0.4) is 0 Å². The molecule has 0 aromatic carbocycles. The maximum atomic E-state index is 9.99. The SMILES string of the molecule is CC1COCCN1c1cc(CO)c2snc(-c3ccnn3C3CCCCO3)c2n1. The lowest BCUT2D eigenvalue weighted by Crippen LogP contribution is -2.44. The van der Waals surface area contributed by atoms with Gasteiger partial charge in [-0.3, -0.25) is 0 Å². The van der Waals surface area contributed by atoms with E-state index in [1.54, 1.807) is 6.20 Å². The van der Waals surface area contributed by atoms with Crippen LogP contribution >= 0.6 is 11.5 Å². The summed E-state index contributed by atoms with van der Waals surface area (Å²) < 4.78 is 19.1. The first-order valence-electron chi connectivity index (χ1n) is 10.2. The molecule has 2 aliphatic heterocycles. The van der Waals surface area contributed by atoms with Crippen LogP contribution in [0.25, 0.3) is 21.6 Å². The van der Waals surface area contributed by atoms with Gasteiger partial charge >= 0.3 is 0 Å². The van der Waals surface area contributed by atoms with Crippen molar-refractivity contribution in [3.63, 3.8) is 0 Å². The number of morpholine rings is 1. The number of aliphatic hydroxyl groups excluding tert-OH is 1. The third-order valence-electron chi connectivity index (χ3n) is 5.66. The number of aliphatic hydroxyl groups is 1. The molecule has 0 amide bonds. The molecule has 9 heteroatoms. The van der Waals surface area contributed by atoms with Crippen molar-refractivity contribution in [1.29, 1.82) is 0 Å². The molecule has 154 valence electrons. The van der Waals surface area contributed by atoms with Crippen molar-refractivity contribution in [3.05, 3.63) is 23.9 Å². The molecule has 1 N–H and O–H groups in total. The Morgan fingerprint density at radius 1 is 1.31 bits per heavy atom. The Hall–Kier alpha value is -2.07. The Bertz CT molecular complexity index is 997. The molecular weight excluding hydrogens is 390 g/mol. The molecule has 2 saturated heterocycles. The highest BCUT2D eigenvalue weighted by molar-refractivity contribution is 7.13. The second-order valence-electron chi connectivity index (χ2n) is 7.61. The number of pyridine rings is 1. The molecular formula is C20H25N5O3S. The van der Waals surface area contributed by atoms with Crippen LogP contribution in [-0.2, 0) is 16.1 Å². The number of hydrogen-bond donors (Lipinski definition) is 1. The molecule has 0 aliphatic carbocycles. The van der Waals surface area contributed by atoms with E-state index >= 15 is 0 Å². The average molecular weight is 416 g/mol. The van der Waals surface area contributed by atoms with Crippen molar-refractivity contribution in [2.24, 2.45) is 0 Å². The topological polar surface area (TPSA) is 85.5 Å². The van der Waals surface area contributed by atoms with Crippen LogP contribution in [0.5, 0.6) is 0 Å². The summed E-state index contributed by atoms with van der Waals surface area (Å²) in [6.07, 6.45) is 4.90. The molecule has 29 heavy (non-hydrogen) atoms. The van der Waals surface area contributed by atoms with Gasteiger partial charge < -0.3 is 19.5 Å². The largest absolute Gasteiger partial charge is 0.392 e. The minimum atomic E-state index is -0.0646. The van der Waals surface area contributed by atoms with Crippen molar-refractivity contribution in [1.82, 2.24) is 19.1 Å². The third-order valence-corrected chi connectivity index (χ3v) is 6.57. The molecule has 5 heterocycles. The van der Waals surface area contributed by atoms with Crippen LogP contribution in [0, 0.1) is 0 Å². The molecule has 5 rings (SSSR count). The predicted molar refractivity (Wildman–Crippen MR) is 111 cm³/mol. The van der Waals surface area contributed by atoms with Crippen LogP contribution in [-0.4, -0.2) is 56.7 Å². The van der Waals surface area contributed by atoms with Gasteiger partial charge in [-0.2, -0.15) is 9.47 Å². The van der Waals surface area contributed by atoms with Crippen LogP contribution in [0.15, 0.2) is 18.3 Å². The van der Waals surface area contributed by atoms with Gasteiger partial charge in [-0.15, -0.1) is 0 Å². The first kappa shape index (κ1) is 18.9. The Kier molecular flexibility index (Phi) is 5.21. The van der Waals surface area contributed by atoms with Crippen molar-refractivity contribution in [3.8, 4) is 11.4 Å². The Labute approximate surface area is 173 Å². The number of nitrogens with zero attached hydrogens (tertiary/aromatic N) is 5. The molecule has 0 bridgehead atoms. The van der Waals surface area contributed by atoms with Crippen LogP contribution in [0.2, 0.25) is 0 Å². The number of anilines is 1. The summed E-state index contributed by atoms with van der Waals surface area (Å²) in [5, 5.41) is 14.5. The maximum Gasteiger partial charge on any atom is 0.150 e. The summed E-state index contributed by atoms with van der Waals surface area (Å²) in [5.74, 6) is 0.860. The van der Waals surface area contributed by atoms with E-state index in [2.05, 4.69) is 16.9 Å². The molecule has 2 aliphatic rings. The molecule has 0 spiro atoms. The minimum absolute atomic E-state index is 0.0443. The molecule has 2 unspecified atom stereocenters. The number of rotatable bonds is 4. The zero-order valence-electron chi connectivity index (χ0n) is 16.5. The average Bonchev–Trinajstić information content (AvgIpc) is 3.40. The molecule has 3 aromatic heterocycles. The zero-order chi connectivity index (χ0) is 19.8. The quantitative estimate of drug-likeness (QED) is 0.701. The van der Waals surface area contributed by atoms with E-state index in [0.29, 0.717) is 13.2 Å². The number of fused-ring (bicyclic) bond motifs is 1. The Morgan fingerprint density at radius 3 is 3.03 bits per heavy atom. The van der Waals surface area contributed by atoms with E-state index in [-0.39, 0.29) is 18.9 Å². The highest BCUT2D eigenvalue weighted by Crippen LogP contribution is 2.36. The second-order valence-corrected chi connectivity index (χ2v) is 8.38. The molecule has 2 fully saturated rings. The van der Waals surface area contributed by atoms with E-state index in [4.69, 9.17) is 18.8 Å². The number of ether oxygens (including phenoxy) is 2. The second kappa shape index (κ2) is 7.98. The highest BCUT2D eigenvalue weighted by atomic mass is 32.1. The summed E-state index contributed by atoms with van der Waals surface area (Å²) in [5.41, 5.74) is 3.38. The van der Waals surface area contributed by atoms with Crippen molar-refractivity contribution < 1.29 is 14.6 Å². The molecule has 2 atom stereocenters. The Morgan fingerprint density at radius 2 is 2.24 bits per heavy atom. The number of hydrogen-bond acceptors (Lipinski definition) is 8. The van der Waals surface area contributed by atoms with Gasteiger partial charge in [-0.05, 0) is 49.9 Å². The lowest BCUT2D eigenvalue weighted by Gasteiger charge is -2.34. The maximum absolute atomic E-state index is 9.99. The monoisotopic (exact) mass is 415 g/mol. The first-order chi connectivity index (χ1) is 14.3. The fourth-order valence-electron chi connectivity index (χ4n) is 4.12. The fraction of sp³-hybridized carbons (Fsp3) is 0.550. The summed E-state index contributed by atoms with van der Waals surface area (Å²) in [7, 11) is 0. The minimum Gasteiger partial charge on any atom is -0.392 e. The van der Waals surface area contributed by atoms with Crippen molar-refractivity contribution >= 4 is 27.6 Å². The number of aromatic nitrogens is 4. The van der Waals surface area contributed by atoms with Gasteiger partial charge in [0.25, 0.3) is 0 Å². The van der Waals surface area contributed by atoms with Gasteiger partial charge in [0, 0.05) is 24.9 Å². The summed E-state index contributed by atoms with van der Waals surface area (Å²) in [6, 6.07) is 4.18. The standard InChI is InChI=1S/C20H25N5O3S/c1-13-12-27-9-7-24(13)16-10-14(11-26)20-19(22-16)18(23-29-20)15-5-6-21-25(15)17-4-2-3-8-28-17/h5-6,10,13,17,26H,2-4,7-9,11-12H2,1H3. The molecule has 0 radical (unpaired) electrons. The predicted octanol–water partition coefficient (Wildman–Crippen LogP) is 2.97. The van der Waals surface area contributed by atoms with Crippen molar-refractivity contribution in [2.45, 2.75) is 45.1 Å². The van der Waals surface area contributed by atoms with Gasteiger partial charge in [0.1, 0.15) is 17.0 Å². The summed E-state index contributed by atoms with van der Waals surface area (Å²) >= 11 is 1.38.